The van der Waals surface area contributed by atoms with E-state index in [1.165, 1.54) is 10.9 Å². The summed E-state index contributed by atoms with van der Waals surface area (Å²) < 4.78 is 19.4. The molecule has 0 aliphatic heterocycles. The van der Waals surface area contributed by atoms with E-state index in [1.807, 2.05) is 17.5 Å². The Bertz CT molecular complexity index is 843. The summed E-state index contributed by atoms with van der Waals surface area (Å²) >= 11 is 1.66. The van der Waals surface area contributed by atoms with Crippen LogP contribution < -0.4 is 5.32 Å². The lowest BCUT2D eigenvalue weighted by atomic mass is 10.2. The molecule has 1 N–H and O–H groups in total. The number of nitrogens with zero attached hydrogens (tertiary/aromatic N) is 1. The molecule has 0 unspecified atom stereocenters. The lowest BCUT2D eigenvalue weighted by molar-refractivity contribution is -0.121. The maximum atomic E-state index is 13.8. The number of nitrogens with one attached hydrogen (secondary N) is 1. The Labute approximate surface area is 149 Å². The van der Waals surface area contributed by atoms with Crippen LogP contribution in [0.25, 0.3) is 11.5 Å². The highest BCUT2D eigenvalue weighted by Gasteiger charge is 2.14. The van der Waals surface area contributed by atoms with Crippen LogP contribution in [-0.2, 0) is 17.6 Å². The fourth-order valence-corrected chi connectivity index (χ4v) is 3.22. The van der Waals surface area contributed by atoms with Gasteiger partial charge in [0.1, 0.15) is 11.6 Å². The Morgan fingerprint density at radius 3 is 2.84 bits per heavy atom. The van der Waals surface area contributed by atoms with Gasteiger partial charge >= 0.3 is 0 Å². The van der Waals surface area contributed by atoms with E-state index in [0.717, 1.165) is 12.1 Å². The average Bonchev–Trinajstić information content (AvgIpc) is 3.24. The molecule has 0 aliphatic carbocycles. The van der Waals surface area contributed by atoms with Crippen molar-refractivity contribution in [2.24, 2.45) is 0 Å². The summed E-state index contributed by atoms with van der Waals surface area (Å²) in [6.07, 6.45) is 1.78. The van der Waals surface area contributed by atoms with Gasteiger partial charge in [-0.1, -0.05) is 18.2 Å². The van der Waals surface area contributed by atoms with Crippen LogP contribution in [0.3, 0.4) is 0 Å². The van der Waals surface area contributed by atoms with Gasteiger partial charge in [0.15, 0.2) is 0 Å². The second kappa shape index (κ2) is 8.07. The van der Waals surface area contributed by atoms with E-state index in [4.69, 9.17) is 4.42 Å². The third-order valence-corrected chi connectivity index (χ3v) is 4.80. The predicted octanol–water partition coefficient (Wildman–Crippen LogP) is 4.14. The smallest absolute Gasteiger partial charge is 0.229 e. The Balaban J connectivity index is 1.52. The molecule has 0 saturated carbocycles. The largest absolute Gasteiger partial charge is 0.441 e. The molecule has 0 saturated heterocycles. The van der Waals surface area contributed by atoms with Crippen molar-refractivity contribution in [2.45, 2.75) is 26.2 Å². The minimum Gasteiger partial charge on any atom is -0.441 e. The molecule has 2 heterocycles. The van der Waals surface area contributed by atoms with Gasteiger partial charge in [0.25, 0.3) is 0 Å². The van der Waals surface area contributed by atoms with E-state index < -0.39 is 0 Å². The lowest BCUT2D eigenvalue weighted by Crippen LogP contribution is -2.26. The van der Waals surface area contributed by atoms with Crippen molar-refractivity contribution in [1.29, 1.82) is 0 Å². The summed E-state index contributed by atoms with van der Waals surface area (Å²) in [5.41, 5.74) is 1.08. The fraction of sp³-hybridized carbons (Fsp3) is 0.263. The van der Waals surface area contributed by atoms with Gasteiger partial charge in [-0.05, 0) is 36.9 Å². The van der Waals surface area contributed by atoms with Gasteiger partial charge in [0, 0.05) is 24.3 Å². The van der Waals surface area contributed by atoms with Crippen molar-refractivity contribution in [1.82, 2.24) is 10.3 Å². The molecule has 0 fully saturated rings. The molecule has 1 aromatic carbocycles. The third kappa shape index (κ3) is 4.54. The van der Waals surface area contributed by atoms with E-state index in [9.17, 15) is 9.18 Å². The molecule has 0 bridgehead atoms. The van der Waals surface area contributed by atoms with Crippen LogP contribution in [0.15, 0.2) is 46.2 Å². The van der Waals surface area contributed by atoms with Crippen molar-refractivity contribution in [2.75, 3.05) is 6.54 Å². The number of amides is 1. The van der Waals surface area contributed by atoms with Crippen LogP contribution >= 0.6 is 11.3 Å². The Morgan fingerprint density at radius 1 is 1.24 bits per heavy atom. The highest BCUT2D eigenvalue weighted by molar-refractivity contribution is 7.09. The van der Waals surface area contributed by atoms with Crippen LogP contribution in [-0.4, -0.2) is 17.4 Å². The number of halogens is 1. The number of carbonyl (C=O) groups excluding carboxylic acids is 1. The SMILES string of the molecule is Cc1oc(-c2ccccc2F)nc1CCNC(=O)CCc1cccs1. The van der Waals surface area contributed by atoms with Crippen LogP contribution in [0, 0.1) is 12.7 Å². The number of rotatable bonds is 7. The topological polar surface area (TPSA) is 55.1 Å². The third-order valence-electron chi connectivity index (χ3n) is 3.86. The van der Waals surface area contributed by atoms with E-state index >= 15 is 0 Å². The molecular formula is C19H19FN2O2S. The summed E-state index contributed by atoms with van der Waals surface area (Å²) in [7, 11) is 0. The molecule has 2 aromatic heterocycles. The second-order valence-electron chi connectivity index (χ2n) is 5.68. The van der Waals surface area contributed by atoms with Gasteiger partial charge in [-0.2, -0.15) is 0 Å². The van der Waals surface area contributed by atoms with E-state index in [1.54, 1.807) is 36.5 Å². The average molecular weight is 358 g/mol. The van der Waals surface area contributed by atoms with Gasteiger partial charge in [0.2, 0.25) is 11.8 Å². The lowest BCUT2D eigenvalue weighted by Gasteiger charge is -2.03. The van der Waals surface area contributed by atoms with Crippen molar-refractivity contribution in [3.63, 3.8) is 0 Å². The quantitative estimate of drug-likeness (QED) is 0.690. The maximum Gasteiger partial charge on any atom is 0.229 e. The molecule has 0 aliphatic rings. The molecule has 0 spiro atoms. The minimum absolute atomic E-state index is 0.0175. The highest BCUT2D eigenvalue weighted by atomic mass is 32.1. The molecule has 6 heteroatoms. The zero-order chi connectivity index (χ0) is 17.6. The molecule has 130 valence electrons. The molecule has 4 nitrogen and oxygen atoms in total. The zero-order valence-electron chi connectivity index (χ0n) is 13.9. The standard InChI is InChI=1S/C19H19FN2O2S/c1-13-17(22-19(24-13)15-6-2-3-7-16(15)20)10-11-21-18(23)9-8-14-5-4-12-25-14/h2-7,12H,8-11H2,1H3,(H,21,23). The first-order valence-electron chi connectivity index (χ1n) is 8.14. The highest BCUT2D eigenvalue weighted by Crippen LogP contribution is 2.24. The van der Waals surface area contributed by atoms with Crippen molar-refractivity contribution >= 4 is 17.2 Å². The van der Waals surface area contributed by atoms with Crippen molar-refractivity contribution in [3.05, 3.63) is 63.9 Å². The monoisotopic (exact) mass is 358 g/mol. The van der Waals surface area contributed by atoms with E-state index in [0.29, 0.717) is 30.7 Å². The van der Waals surface area contributed by atoms with Crippen LogP contribution in [0.2, 0.25) is 0 Å². The number of carbonyl (C=O) groups is 1. The van der Waals surface area contributed by atoms with E-state index in [2.05, 4.69) is 10.3 Å². The summed E-state index contributed by atoms with van der Waals surface area (Å²) in [6.45, 7) is 2.28. The van der Waals surface area contributed by atoms with E-state index in [-0.39, 0.29) is 17.6 Å². The predicted molar refractivity (Wildman–Crippen MR) is 96.0 cm³/mol. The molecular weight excluding hydrogens is 339 g/mol. The summed E-state index contributed by atoms with van der Waals surface area (Å²) in [5.74, 6) is 0.571. The molecule has 1 amide bonds. The van der Waals surface area contributed by atoms with Crippen LogP contribution in [0.5, 0.6) is 0 Å². The second-order valence-corrected chi connectivity index (χ2v) is 6.71. The number of thiophene rings is 1. The molecule has 3 rings (SSSR count). The molecule has 3 aromatic rings. The van der Waals surface area contributed by atoms with Crippen LogP contribution in [0.4, 0.5) is 4.39 Å². The first-order chi connectivity index (χ1) is 12.1. The summed E-state index contributed by atoms with van der Waals surface area (Å²) in [5, 5.41) is 4.90. The number of hydrogen-bond acceptors (Lipinski definition) is 4. The summed E-state index contributed by atoms with van der Waals surface area (Å²) in [6, 6.07) is 10.4. The fourth-order valence-electron chi connectivity index (χ4n) is 2.51. The van der Waals surface area contributed by atoms with Crippen LogP contribution in [0.1, 0.15) is 22.8 Å². The van der Waals surface area contributed by atoms with Gasteiger partial charge in [-0.3, -0.25) is 4.79 Å². The molecule has 0 atom stereocenters. The zero-order valence-corrected chi connectivity index (χ0v) is 14.7. The van der Waals surface area contributed by atoms with Gasteiger partial charge in [-0.25, -0.2) is 9.37 Å². The maximum absolute atomic E-state index is 13.8. The van der Waals surface area contributed by atoms with Gasteiger partial charge < -0.3 is 9.73 Å². The Morgan fingerprint density at radius 2 is 2.08 bits per heavy atom. The number of benzene rings is 1. The Hall–Kier alpha value is -2.47. The normalized spacial score (nSPS) is 10.8. The Kier molecular flexibility index (Phi) is 5.60. The number of oxazole rings is 1. The first-order valence-corrected chi connectivity index (χ1v) is 9.01. The summed E-state index contributed by atoms with van der Waals surface area (Å²) in [4.78, 5) is 17.5. The first kappa shape index (κ1) is 17.4. The molecule has 25 heavy (non-hydrogen) atoms. The molecule has 0 radical (unpaired) electrons. The van der Waals surface area contributed by atoms with Gasteiger partial charge in [0.05, 0.1) is 11.3 Å². The van der Waals surface area contributed by atoms with Crippen molar-refractivity contribution in [3.8, 4) is 11.5 Å². The van der Waals surface area contributed by atoms with Crippen molar-refractivity contribution < 1.29 is 13.6 Å². The number of hydrogen-bond donors (Lipinski definition) is 1. The van der Waals surface area contributed by atoms with Gasteiger partial charge in [-0.15, -0.1) is 11.3 Å². The number of aryl methyl sites for hydroxylation is 2. The minimum atomic E-state index is -0.364. The number of aromatic nitrogens is 1.